The zero-order valence-electron chi connectivity index (χ0n) is 16.1. The van der Waals surface area contributed by atoms with Gasteiger partial charge in [0, 0.05) is 23.8 Å². The lowest BCUT2D eigenvalue weighted by molar-refractivity contribution is -0.133. The SMILES string of the molecule is C[S+]([O-])NC1CN(C(=O)C2CC2c2ccccc2-c2c(F)cccc2F)CC1(F)F. The fraction of sp³-hybridized carbons (Fsp3) is 0.381. The molecule has 30 heavy (non-hydrogen) atoms. The van der Waals surface area contributed by atoms with Crippen molar-refractivity contribution in [3.63, 3.8) is 0 Å². The third kappa shape index (κ3) is 3.93. The summed E-state index contributed by atoms with van der Waals surface area (Å²) in [6.07, 6.45) is 1.68. The first kappa shape index (κ1) is 21.1. The molecule has 0 spiro atoms. The zero-order valence-corrected chi connectivity index (χ0v) is 16.9. The highest BCUT2D eigenvalue weighted by Crippen LogP contribution is 2.52. The van der Waals surface area contributed by atoms with E-state index >= 15 is 0 Å². The maximum absolute atomic E-state index is 14.3. The van der Waals surface area contributed by atoms with Gasteiger partial charge in [0.25, 0.3) is 5.92 Å². The largest absolute Gasteiger partial charge is 0.598 e. The van der Waals surface area contributed by atoms with E-state index in [1.54, 1.807) is 24.3 Å². The van der Waals surface area contributed by atoms with E-state index in [9.17, 15) is 26.9 Å². The van der Waals surface area contributed by atoms with Crippen LogP contribution < -0.4 is 4.72 Å². The number of carbonyl (C=O) groups excluding carboxylic acids is 1. The first-order chi connectivity index (χ1) is 14.2. The molecule has 2 aliphatic rings. The molecule has 1 aliphatic carbocycles. The van der Waals surface area contributed by atoms with E-state index < -0.39 is 53.3 Å². The minimum Gasteiger partial charge on any atom is -0.598 e. The molecule has 1 aliphatic heterocycles. The van der Waals surface area contributed by atoms with Gasteiger partial charge in [-0.05, 0) is 35.6 Å². The third-order valence-electron chi connectivity index (χ3n) is 5.63. The Labute approximate surface area is 174 Å². The predicted octanol–water partition coefficient (Wildman–Crippen LogP) is 3.46. The van der Waals surface area contributed by atoms with Crippen LogP contribution in [0.1, 0.15) is 17.9 Å². The molecular formula is C21H20F4N2O2S. The van der Waals surface area contributed by atoms with E-state index in [1.807, 2.05) is 0 Å². The van der Waals surface area contributed by atoms with Gasteiger partial charge in [-0.1, -0.05) is 30.3 Å². The van der Waals surface area contributed by atoms with Gasteiger partial charge in [-0.25, -0.2) is 17.6 Å². The molecule has 4 unspecified atom stereocenters. The molecule has 160 valence electrons. The smallest absolute Gasteiger partial charge is 0.286 e. The van der Waals surface area contributed by atoms with Crippen LogP contribution in [0.3, 0.4) is 0 Å². The maximum atomic E-state index is 14.3. The van der Waals surface area contributed by atoms with Crippen molar-refractivity contribution < 1.29 is 26.9 Å². The van der Waals surface area contributed by atoms with Crippen LogP contribution in [0.4, 0.5) is 17.6 Å². The Morgan fingerprint density at radius 3 is 2.50 bits per heavy atom. The summed E-state index contributed by atoms with van der Waals surface area (Å²) in [7, 11) is 0. The minimum absolute atomic E-state index is 0.159. The molecule has 2 aromatic carbocycles. The van der Waals surface area contributed by atoms with E-state index in [0.717, 1.165) is 4.90 Å². The van der Waals surface area contributed by atoms with Crippen LogP contribution in [-0.4, -0.2) is 46.7 Å². The standard InChI is InChI=1S/C21H20F4N2O2S/c1-30(29)26-18-10-27(11-21(18,24)25)20(28)15-9-14(15)12-5-2-3-6-13(12)19-16(22)7-4-8-17(19)23/h2-8,14-15,18,26H,9-11H2,1H3. The molecule has 4 nitrogen and oxygen atoms in total. The molecule has 4 atom stereocenters. The Kier molecular flexibility index (Phi) is 5.54. The van der Waals surface area contributed by atoms with Crippen LogP contribution >= 0.6 is 0 Å². The van der Waals surface area contributed by atoms with Crippen LogP contribution in [0.15, 0.2) is 42.5 Å². The van der Waals surface area contributed by atoms with Gasteiger partial charge >= 0.3 is 0 Å². The Morgan fingerprint density at radius 1 is 1.17 bits per heavy atom. The molecule has 2 aromatic rings. The normalized spacial score (nSPS) is 25.9. The molecule has 2 fully saturated rings. The Balaban J connectivity index is 1.54. The molecule has 1 N–H and O–H groups in total. The lowest BCUT2D eigenvalue weighted by Crippen LogP contribution is -2.46. The van der Waals surface area contributed by atoms with E-state index in [-0.39, 0.29) is 18.0 Å². The summed E-state index contributed by atoms with van der Waals surface area (Å²) in [4.78, 5) is 13.9. The Bertz CT molecular complexity index is 952. The second-order valence-corrected chi connectivity index (χ2v) is 8.88. The molecule has 0 radical (unpaired) electrons. The number of hydrogen-bond acceptors (Lipinski definition) is 3. The van der Waals surface area contributed by atoms with E-state index in [2.05, 4.69) is 4.72 Å². The van der Waals surface area contributed by atoms with Crippen molar-refractivity contribution in [1.82, 2.24) is 9.62 Å². The van der Waals surface area contributed by atoms with Crippen LogP contribution in [0.5, 0.6) is 0 Å². The lowest BCUT2D eigenvalue weighted by atomic mass is 9.95. The fourth-order valence-corrected chi connectivity index (χ4v) is 4.77. The summed E-state index contributed by atoms with van der Waals surface area (Å²) in [5.74, 6) is -5.83. The average Bonchev–Trinajstić information content (AvgIpc) is 3.41. The van der Waals surface area contributed by atoms with Crippen molar-refractivity contribution in [2.45, 2.75) is 24.3 Å². The van der Waals surface area contributed by atoms with Crippen molar-refractivity contribution in [1.29, 1.82) is 0 Å². The lowest BCUT2D eigenvalue weighted by Gasteiger charge is -2.17. The number of amides is 1. The maximum Gasteiger partial charge on any atom is 0.286 e. The number of rotatable bonds is 5. The molecular weight excluding hydrogens is 420 g/mol. The van der Waals surface area contributed by atoms with Gasteiger partial charge in [0.15, 0.2) is 0 Å². The van der Waals surface area contributed by atoms with Crippen LogP contribution in [0.25, 0.3) is 11.1 Å². The van der Waals surface area contributed by atoms with Gasteiger partial charge in [-0.15, -0.1) is 4.72 Å². The summed E-state index contributed by atoms with van der Waals surface area (Å²) >= 11 is -1.63. The molecule has 1 saturated heterocycles. The molecule has 4 rings (SSSR count). The summed E-state index contributed by atoms with van der Waals surface area (Å²) < 4.78 is 70.6. The van der Waals surface area contributed by atoms with Crippen LogP contribution in [-0.2, 0) is 16.2 Å². The number of carbonyl (C=O) groups is 1. The monoisotopic (exact) mass is 440 g/mol. The number of halogens is 4. The number of nitrogens with one attached hydrogen (secondary N) is 1. The number of benzene rings is 2. The van der Waals surface area contributed by atoms with Crippen molar-refractivity contribution in [2.24, 2.45) is 5.92 Å². The van der Waals surface area contributed by atoms with E-state index in [1.165, 1.54) is 24.5 Å². The van der Waals surface area contributed by atoms with Gasteiger partial charge in [0.2, 0.25) is 5.91 Å². The fourth-order valence-electron chi connectivity index (χ4n) is 4.12. The van der Waals surface area contributed by atoms with Gasteiger partial charge in [0.05, 0.1) is 12.1 Å². The topological polar surface area (TPSA) is 55.4 Å². The van der Waals surface area contributed by atoms with E-state index in [0.29, 0.717) is 17.5 Å². The molecule has 1 amide bonds. The van der Waals surface area contributed by atoms with Gasteiger partial charge < -0.3 is 9.45 Å². The second kappa shape index (κ2) is 7.86. The quantitative estimate of drug-likeness (QED) is 0.572. The first-order valence-corrected chi connectivity index (χ1v) is 11.0. The van der Waals surface area contributed by atoms with E-state index in [4.69, 9.17) is 0 Å². The van der Waals surface area contributed by atoms with Crippen molar-refractivity contribution in [2.75, 3.05) is 19.3 Å². The highest BCUT2D eigenvalue weighted by Gasteiger charge is 2.55. The highest BCUT2D eigenvalue weighted by molar-refractivity contribution is 7.88. The molecule has 1 saturated carbocycles. The predicted molar refractivity (Wildman–Crippen MR) is 105 cm³/mol. The zero-order chi connectivity index (χ0) is 21.6. The summed E-state index contributed by atoms with van der Waals surface area (Å²) in [6, 6.07) is 8.93. The summed E-state index contributed by atoms with van der Waals surface area (Å²) in [6.45, 7) is -0.980. The van der Waals surface area contributed by atoms with Crippen LogP contribution in [0, 0.1) is 17.6 Å². The molecule has 9 heteroatoms. The Hall–Kier alpha value is -2.10. The van der Waals surface area contributed by atoms with Gasteiger partial charge in [0.1, 0.15) is 23.9 Å². The molecule has 0 bridgehead atoms. The number of hydrogen-bond donors (Lipinski definition) is 1. The van der Waals surface area contributed by atoms with Crippen molar-refractivity contribution in [3.8, 4) is 11.1 Å². The minimum atomic E-state index is -3.18. The molecule has 1 heterocycles. The molecule has 0 aromatic heterocycles. The van der Waals surface area contributed by atoms with Crippen molar-refractivity contribution in [3.05, 3.63) is 59.7 Å². The first-order valence-electron chi connectivity index (χ1n) is 9.48. The Morgan fingerprint density at radius 2 is 1.83 bits per heavy atom. The average molecular weight is 440 g/mol. The van der Waals surface area contributed by atoms with Gasteiger partial charge in [-0.3, -0.25) is 4.79 Å². The number of alkyl halides is 2. The summed E-state index contributed by atoms with van der Waals surface area (Å²) in [5.41, 5.74) is 0.824. The number of likely N-dealkylation sites (tertiary alicyclic amines) is 1. The third-order valence-corrected chi connectivity index (χ3v) is 6.25. The summed E-state index contributed by atoms with van der Waals surface area (Å²) in [5, 5.41) is 0. The highest BCUT2D eigenvalue weighted by atomic mass is 32.2. The second-order valence-electron chi connectivity index (χ2n) is 7.74. The number of nitrogens with zero attached hydrogens (tertiary/aromatic N) is 1. The van der Waals surface area contributed by atoms with Gasteiger partial charge in [-0.2, -0.15) is 0 Å². The van der Waals surface area contributed by atoms with Crippen molar-refractivity contribution >= 4 is 17.3 Å². The van der Waals surface area contributed by atoms with Crippen LogP contribution in [0.2, 0.25) is 0 Å².